The summed E-state index contributed by atoms with van der Waals surface area (Å²) < 4.78 is 12.7. The van der Waals surface area contributed by atoms with Crippen LogP contribution in [0.2, 0.25) is 0 Å². The maximum Gasteiger partial charge on any atom is 0.315 e. The number of urea groups is 1. The van der Waals surface area contributed by atoms with Crippen molar-refractivity contribution in [3.63, 3.8) is 0 Å². The third kappa shape index (κ3) is 6.20. The number of rotatable bonds is 6. The van der Waals surface area contributed by atoms with Crippen LogP contribution >= 0.6 is 0 Å². The first-order chi connectivity index (χ1) is 8.58. The molecule has 1 rings (SSSR count). The van der Waals surface area contributed by atoms with E-state index < -0.39 is 0 Å². The van der Waals surface area contributed by atoms with Crippen LogP contribution in [0.4, 0.5) is 9.18 Å². The molecule has 0 saturated heterocycles. The van der Waals surface area contributed by atoms with Crippen molar-refractivity contribution in [2.45, 2.75) is 13.0 Å². The molecule has 2 N–H and O–H groups in total. The summed E-state index contributed by atoms with van der Waals surface area (Å²) in [5.41, 5.74) is 0.875. The Morgan fingerprint density at radius 2 is 1.89 bits per heavy atom. The summed E-state index contributed by atoms with van der Waals surface area (Å²) in [6, 6.07) is 5.87. The molecule has 1 aromatic rings. The maximum absolute atomic E-state index is 12.7. The normalized spacial score (nSPS) is 10.4. The van der Waals surface area contributed by atoms with Gasteiger partial charge in [0.05, 0.1) is 0 Å². The Kier molecular flexibility index (Phi) is 6.14. The van der Waals surface area contributed by atoms with E-state index in [0.29, 0.717) is 13.1 Å². The zero-order valence-electron chi connectivity index (χ0n) is 10.9. The van der Waals surface area contributed by atoms with Crippen LogP contribution in [-0.2, 0) is 6.54 Å². The minimum absolute atomic E-state index is 0.196. The highest BCUT2D eigenvalue weighted by Crippen LogP contribution is 2.01. The number of benzene rings is 1. The highest BCUT2D eigenvalue weighted by molar-refractivity contribution is 5.73. The summed E-state index contributed by atoms with van der Waals surface area (Å²) in [5, 5.41) is 5.49. The minimum atomic E-state index is -0.271. The number of hydrogen-bond donors (Lipinski definition) is 2. The fourth-order valence-corrected chi connectivity index (χ4v) is 1.44. The van der Waals surface area contributed by atoms with Crippen LogP contribution in [-0.4, -0.2) is 38.1 Å². The van der Waals surface area contributed by atoms with Crippen molar-refractivity contribution in [3.05, 3.63) is 35.6 Å². The van der Waals surface area contributed by atoms with Gasteiger partial charge in [0.15, 0.2) is 0 Å². The van der Waals surface area contributed by atoms with Crippen LogP contribution in [0.25, 0.3) is 0 Å². The Bertz CT molecular complexity index is 365. The molecular formula is C13H20FN3O. The van der Waals surface area contributed by atoms with Crippen molar-refractivity contribution in [2.24, 2.45) is 0 Å². The van der Waals surface area contributed by atoms with Gasteiger partial charge in [-0.2, -0.15) is 0 Å². The van der Waals surface area contributed by atoms with E-state index in [4.69, 9.17) is 0 Å². The summed E-state index contributed by atoms with van der Waals surface area (Å²) in [6.07, 6.45) is 0.914. The largest absolute Gasteiger partial charge is 0.338 e. The minimum Gasteiger partial charge on any atom is -0.338 e. The van der Waals surface area contributed by atoms with Crippen molar-refractivity contribution >= 4 is 6.03 Å². The van der Waals surface area contributed by atoms with E-state index in [1.165, 1.54) is 12.1 Å². The summed E-state index contributed by atoms with van der Waals surface area (Å²) in [5.74, 6) is -0.271. The highest BCUT2D eigenvalue weighted by Gasteiger charge is 2.00. The van der Waals surface area contributed by atoms with E-state index in [1.54, 1.807) is 12.1 Å². The molecule has 0 unspecified atom stereocenters. The third-order valence-electron chi connectivity index (χ3n) is 2.43. The monoisotopic (exact) mass is 253 g/mol. The van der Waals surface area contributed by atoms with E-state index in [0.717, 1.165) is 18.5 Å². The third-order valence-corrected chi connectivity index (χ3v) is 2.43. The number of nitrogens with zero attached hydrogens (tertiary/aromatic N) is 1. The SMILES string of the molecule is CN(C)CCCNC(=O)NCc1ccc(F)cc1. The van der Waals surface area contributed by atoms with Gasteiger partial charge in [0.2, 0.25) is 0 Å². The predicted molar refractivity (Wildman–Crippen MR) is 69.8 cm³/mol. The standard InChI is InChI=1S/C13H20FN3O/c1-17(2)9-3-8-15-13(18)16-10-11-4-6-12(14)7-5-11/h4-7H,3,8-10H2,1-2H3,(H2,15,16,18). The lowest BCUT2D eigenvalue weighted by Crippen LogP contribution is -2.36. The second-order valence-corrected chi connectivity index (χ2v) is 4.39. The molecule has 2 amide bonds. The van der Waals surface area contributed by atoms with Crippen LogP contribution in [0.3, 0.4) is 0 Å². The molecule has 100 valence electrons. The van der Waals surface area contributed by atoms with Crippen LogP contribution in [0.1, 0.15) is 12.0 Å². The summed E-state index contributed by atoms with van der Waals surface area (Å²) in [7, 11) is 3.99. The Labute approximate surface area is 107 Å². The quantitative estimate of drug-likeness (QED) is 0.756. The number of carbonyl (C=O) groups excluding carboxylic acids is 1. The van der Waals surface area contributed by atoms with Crippen molar-refractivity contribution in [3.8, 4) is 0 Å². The van der Waals surface area contributed by atoms with Crippen molar-refractivity contribution < 1.29 is 9.18 Å². The summed E-state index contributed by atoms with van der Waals surface area (Å²) >= 11 is 0. The number of halogens is 1. The van der Waals surface area contributed by atoms with E-state index in [9.17, 15) is 9.18 Å². The van der Waals surface area contributed by atoms with Crippen LogP contribution in [0.15, 0.2) is 24.3 Å². The molecule has 0 spiro atoms. The molecule has 0 aliphatic carbocycles. The first-order valence-corrected chi connectivity index (χ1v) is 5.99. The van der Waals surface area contributed by atoms with E-state index in [2.05, 4.69) is 15.5 Å². The molecule has 0 aromatic heterocycles. The van der Waals surface area contributed by atoms with Crippen molar-refractivity contribution in [2.75, 3.05) is 27.2 Å². The van der Waals surface area contributed by atoms with Crippen LogP contribution in [0.5, 0.6) is 0 Å². The van der Waals surface area contributed by atoms with E-state index >= 15 is 0 Å². The molecule has 0 bridgehead atoms. The first kappa shape index (κ1) is 14.4. The fraction of sp³-hybridized carbons (Fsp3) is 0.462. The number of hydrogen-bond acceptors (Lipinski definition) is 2. The van der Waals surface area contributed by atoms with Gasteiger partial charge in [-0.15, -0.1) is 0 Å². The summed E-state index contributed by atoms with van der Waals surface area (Å²) in [4.78, 5) is 13.5. The van der Waals surface area contributed by atoms with Gasteiger partial charge in [-0.05, 0) is 44.8 Å². The van der Waals surface area contributed by atoms with Gasteiger partial charge < -0.3 is 15.5 Å². The molecule has 5 heteroatoms. The molecule has 0 atom stereocenters. The molecular weight excluding hydrogens is 233 g/mol. The Hall–Kier alpha value is -1.62. The molecule has 0 saturated carbocycles. The molecule has 0 aliphatic rings. The average Bonchev–Trinajstić information content (AvgIpc) is 2.34. The van der Waals surface area contributed by atoms with Gasteiger partial charge in [-0.3, -0.25) is 0 Å². The first-order valence-electron chi connectivity index (χ1n) is 5.99. The lowest BCUT2D eigenvalue weighted by Gasteiger charge is -2.10. The van der Waals surface area contributed by atoms with Gasteiger partial charge in [-0.25, -0.2) is 9.18 Å². The molecule has 1 aromatic carbocycles. The molecule has 0 heterocycles. The van der Waals surface area contributed by atoms with Crippen molar-refractivity contribution in [1.82, 2.24) is 15.5 Å². The fourth-order valence-electron chi connectivity index (χ4n) is 1.44. The van der Waals surface area contributed by atoms with Crippen molar-refractivity contribution in [1.29, 1.82) is 0 Å². The molecule has 0 aliphatic heterocycles. The summed E-state index contributed by atoms with van der Waals surface area (Å²) in [6.45, 7) is 1.99. The smallest absolute Gasteiger partial charge is 0.315 e. The number of nitrogens with one attached hydrogen (secondary N) is 2. The maximum atomic E-state index is 12.7. The topological polar surface area (TPSA) is 44.4 Å². The van der Waals surface area contributed by atoms with Gasteiger partial charge >= 0.3 is 6.03 Å². The molecule has 0 fully saturated rings. The lowest BCUT2D eigenvalue weighted by atomic mass is 10.2. The van der Waals surface area contributed by atoms with Gasteiger partial charge in [0.25, 0.3) is 0 Å². The van der Waals surface area contributed by atoms with Gasteiger partial charge in [-0.1, -0.05) is 12.1 Å². The van der Waals surface area contributed by atoms with Gasteiger partial charge in [0.1, 0.15) is 5.82 Å². The average molecular weight is 253 g/mol. The van der Waals surface area contributed by atoms with Crippen LogP contribution in [0, 0.1) is 5.82 Å². The Morgan fingerprint density at radius 1 is 1.22 bits per heavy atom. The second-order valence-electron chi connectivity index (χ2n) is 4.39. The Balaban J connectivity index is 2.15. The van der Waals surface area contributed by atoms with Gasteiger partial charge in [0, 0.05) is 13.1 Å². The van der Waals surface area contributed by atoms with E-state index in [1.807, 2.05) is 14.1 Å². The second kappa shape index (κ2) is 7.66. The molecule has 18 heavy (non-hydrogen) atoms. The van der Waals surface area contributed by atoms with Crippen LogP contribution < -0.4 is 10.6 Å². The highest BCUT2D eigenvalue weighted by atomic mass is 19.1. The molecule has 0 radical (unpaired) electrons. The van der Waals surface area contributed by atoms with E-state index in [-0.39, 0.29) is 11.8 Å². The number of carbonyl (C=O) groups is 1. The number of amides is 2. The predicted octanol–water partition coefficient (Wildman–Crippen LogP) is 1.58. The Morgan fingerprint density at radius 3 is 2.50 bits per heavy atom. The lowest BCUT2D eigenvalue weighted by molar-refractivity contribution is 0.240. The zero-order valence-corrected chi connectivity index (χ0v) is 10.9. The molecule has 4 nitrogen and oxygen atoms in total. The zero-order chi connectivity index (χ0) is 13.4.